The molecule has 2 saturated carbocycles. The lowest BCUT2D eigenvalue weighted by Crippen LogP contribution is -2.53. The van der Waals surface area contributed by atoms with Gasteiger partial charge in [0, 0.05) is 0 Å². The van der Waals surface area contributed by atoms with Crippen LogP contribution in [-0.4, -0.2) is 10.7 Å². The highest BCUT2D eigenvalue weighted by Crippen LogP contribution is 2.67. The van der Waals surface area contributed by atoms with Gasteiger partial charge in [-0.15, -0.1) is 0 Å². The standard InChI is InChI=1S/C22H34O/c1-5-22(23)13-10-19-16-14-15(2)17-8-6-7-11-20(17,3)18(16)9-12-21(19,22)4/h8,14,16,18-19,23H,5-7,9-13H2,1-4H3/t16-,18+,19+,20+,21+,22-/m1/s1. The van der Waals surface area contributed by atoms with E-state index in [0.717, 1.165) is 18.8 Å². The summed E-state index contributed by atoms with van der Waals surface area (Å²) in [5.74, 6) is 2.17. The Morgan fingerprint density at radius 1 is 1.13 bits per heavy atom. The molecule has 1 N–H and O–H groups in total. The fourth-order valence-electron chi connectivity index (χ4n) is 7.32. The molecule has 0 saturated heterocycles. The second kappa shape index (κ2) is 4.97. The monoisotopic (exact) mass is 314 g/mol. The third kappa shape index (κ3) is 1.89. The Bertz CT molecular complexity index is 573. The molecule has 0 aromatic rings. The predicted molar refractivity (Wildman–Crippen MR) is 96.1 cm³/mol. The zero-order valence-electron chi connectivity index (χ0n) is 15.5. The van der Waals surface area contributed by atoms with Gasteiger partial charge in [-0.3, -0.25) is 0 Å². The first-order valence-electron chi connectivity index (χ1n) is 9.97. The summed E-state index contributed by atoms with van der Waals surface area (Å²) in [7, 11) is 0. The molecule has 0 unspecified atom stereocenters. The zero-order valence-corrected chi connectivity index (χ0v) is 15.5. The van der Waals surface area contributed by atoms with Gasteiger partial charge >= 0.3 is 0 Å². The van der Waals surface area contributed by atoms with Gasteiger partial charge in [-0.05, 0) is 92.4 Å². The molecule has 128 valence electrons. The highest BCUT2D eigenvalue weighted by molar-refractivity contribution is 5.42. The molecule has 0 amide bonds. The van der Waals surface area contributed by atoms with E-state index in [2.05, 4.69) is 39.8 Å². The predicted octanol–water partition coefficient (Wildman–Crippen LogP) is 5.65. The first-order valence-corrected chi connectivity index (χ1v) is 9.97. The lowest BCUT2D eigenvalue weighted by atomic mass is 9.47. The largest absolute Gasteiger partial charge is 0.389 e. The van der Waals surface area contributed by atoms with Crippen LogP contribution in [0.3, 0.4) is 0 Å². The van der Waals surface area contributed by atoms with Gasteiger partial charge in [0.2, 0.25) is 0 Å². The van der Waals surface area contributed by atoms with Crippen molar-refractivity contribution in [3.05, 3.63) is 23.3 Å². The topological polar surface area (TPSA) is 20.2 Å². The Hall–Kier alpha value is -0.560. The quantitative estimate of drug-likeness (QED) is 0.663. The summed E-state index contributed by atoms with van der Waals surface area (Å²) in [5.41, 5.74) is 3.32. The Labute approximate surface area is 142 Å². The summed E-state index contributed by atoms with van der Waals surface area (Å²) in [6.07, 6.45) is 14.8. The maximum absolute atomic E-state index is 11.3. The van der Waals surface area contributed by atoms with Crippen molar-refractivity contribution >= 4 is 0 Å². The van der Waals surface area contributed by atoms with E-state index in [1.54, 1.807) is 11.1 Å². The Balaban J connectivity index is 1.78. The first-order chi connectivity index (χ1) is 10.9. The molecule has 23 heavy (non-hydrogen) atoms. The van der Waals surface area contributed by atoms with Crippen molar-refractivity contribution in [3.63, 3.8) is 0 Å². The van der Waals surface area contributed by atoms with Gasteiger partial charge in [0.05, 0.1) is 5.60 Å². The second-order valence-corrected chi connectivity index (χ2v) is 9.45. The van der Waals surface area contributed by atoms with E-state index in [1.165, 1.54) is 38.5 Å². The summed E-state index contributed by atoms with van der Waals surface area (Å²) < 4.78 is 0. The first kappa shape index (κ1) is 15.9. The molecule has 0 radical (unpaired) electrons. The van der Waals surface area contributed by atoms with E-state index in [-0.39, 0.29) is 5.41 Å². The van der Waals surface area contributed by atoms with Crippen LogP contribution in [0.2, 0.25) is 0 Å². The molecule has 4 rings (SSSR count). The third-order valence-corrected chi connectivity index (χ3v) is 8.79. The second-order valence-electron chi connectivity index (χ2n) is 9.45. The zero-order chi connectivity index (χ0) is 16.5. The third-order valence-electron chi connectivity index (χ3n) is 8.79. The molecule has 6 atom stereocenters. The molecule has 0 aromatic heterocycles. The van der Waals surface area contributed by atoms with Crippen molar-refractivity contribution in [3.8, 4) is 0 Å². The lowest BCUT2D eigenvalue weighted by Gasteiger charge is -2.58. The van der Waals surface area contributed by atoms with Crippen LogP contribution in [-0.2, 0) is 0 Å². The van der Waals surface area contributed by atoms with Crippen LogP contribution >= 0.6 is 0 Å². The highest BCUT2D eigenvalue weighted by atomic mass is 16.3. The number of aliphatic hydroxyl groups is 1. The van der Waals surface area contributed by atoms with Gasteiger partial charge in [-0.25, -0.2) is 0 Å². The Kier molecular flexibility index (Phi) is 3.45. The minimum Gasteiger partial charge on any atom is -0.389 e. The van der Waals surface area contributed by atoms with Crippen LogP contribution in [0.5, 0.6) is 0 Å². The molecule has 0 spiro atoms. The average molecular weight is 315 g/mol. The minimum absolute atomic E-state index is 0.131. The molecule has 4 aliphatic carbocycles. The lowest BCUT2D eigenvalue weighted by molar-refractivity contribution is -0.115. The molecule has 0 aliphatic heterocycles. The molecule has 1 nitrogen and oxygen atoms in total. The van der Waals surface area contributed by atoms with Crippen LogP contribution in [0.15, 0.2) is 23.3 Å². The summed E-state index contributed by atoms with van der Waals surface area (Å²) >= 11 is 0. The van der Waals surface area contributed by atoms with E-state index in [1.807, 2.05) is 0 Å². The summed E-state index contributed by atoms with van der Waals surface area (Å²) in [4.78, 5) is 0. The maximum atomic E-state index is 11.3. The van der Waals surface area contributed by atoms with Gasteiger partial charge in [-0.1, -0.05) is 38.5 Å². The number of allylic oxidation sites excluding steroid dienone is 4. The molecule has 2 fully saturated rings. The summed E-state index contributed by atoms with van der Waals surface area (Å²) in [5, 5.41) is 11.3. The van der Waals surface area contributed by atoms with Gasteiger partial charge in [0.1, 0.15) is 0 Å². The van der Waals surface area contributed by atoms with Crippen molar-refractivity contribution in [2.45, 2.75) is 84.7 Å². The fraction of sp³-hybridized carbons (Fsp3) is 0.818. The van der Waals surface area contributed by atoms with Gasteiger partial charge in [0.15, 0.2) is 0 Å². The molecule has 4 aliphatic rings. The van der Waals surface area contributed by atoms with Crippen LogP contribution in [0, 0.1) is 28.6 Å². The molecule has 0 heterocycles. The van der Waals surface area contributed by atoms with Crippen molar-refractivity contribution in [1.29, 1.82) is 0 Å². The number of hydrogen-bond acceptors (Lipinski definition) is 1. The minimum atomic E-state index is -0.423. The summed E-state index contributed by atoms with van der Waals surface area (Å²) in [6, 6.07) is 0. The smallest absolute Gasteiger partial charge is 0.0701 e. The molecule has 0 aromatic carbocycles. The van der Waals surface area contributed by atoms with E-state index < -0.39 is 5.60 Å². The van der Waals surface area contributed by atoms with E-state index in [0.29, 0.717) is 17.3 Å². The van der Waals surface area contributed by atoms with Crippen LogP contribution in [0.1, 0.15) is 79.1 Å². The SMILES string of the molecule is CC[C@@]1(O)CC[C@H]2[C@@H]3C=C(C)C4=CCCC[C@]4(C)[C@H]3CC[C@@]21C. The Morgan fingerprint density at radius 2 is 1.87 bits per heavy atom. The van der Waals surface area contributed by atoms with Crippen molar-refractivity contribution in [1.82, 2.24) is 0 Å². The Morgan fingerprint density at radius 3 is 2.61 bits per heavy atom. The van der Waals surface area contributed by atoms with Gasteiger partial charge < -0.3 is 5.11 Å². The maximum Gasteiger partial charge on any atom is 0.0701 e. The normalized spacial score (nSPS) is 52.1. The van der Waals surface area contributed by atoms with Crippen LogP contribution in [0.25, 0.3) is 0 Å². The molecule has 0 bridgehead atoms. The fourth-order valence-corrected chi connectivity index (χ4v) is 7.32. The van der Waals surface area contributed by atoms with Gasteiger partial charge in [-0.2, -0.15) is 0 Å². The number of rotatable bonds is 1. The molecule has 1 heteroatoms. The van der Waals surface area contributed by atoms with Crippen molar-refractivity contribution < 1.29 is 5.11 Å². The highest BCUT2D eigenvalue weighted by Gasteiger charge is 2.62. The van der Waals surface area contributed by atoms with E-state index in [4.69, 9.17) is 0 Å². The van der Waals surface area contributed by atoms with Crippen molar-refractivity contribution in [2.24, 2.45) is 28.6 Å². The molecular formula is C22H34O. The number of hydrogen-bond donors (Lipinski definition) is 1. The number of fused-ring (bicyclic) bond motifs is 5. The van der Waals surface area contributed by atoms with Crippen LogP contribution in [0.4, 0.5) is 0 Å². The van der Waals surface area contributed by atoms with E-state index >= 15 is 0 Å². The summed E-state index contributed by atoms with van der Waals surface area (Å²) in [6.45, 7) is 9.49. The molecular weight excluding hydrogens is 280 g/mol. The average Bonchev–Trinajstić information content (AvgIpc) is 2.80. The van der Waals surface area contributed by atoms with Gasteiger partial charge in [0.25, 0.3) is 0 Å². The van der Waals surface area contributed by atoms with Crippen LogP contribution < -0.4 is 0 Å². The van der Waals surface area contributed by atoms with E-state index in [9.17, 15) is 5.11 Å². The van der Waals surface area contributed by atoms with Crippen molar-refractivity contribution in [2.75, 3.05) is 0 Å².